The van der Waals surface area contributed by atoms with Crippen LogP contribution in [0.5, 0.6) is 11.5 Å². The molecule has 4 rings (SSSR count). The van der Waals surface area contributed by atoms with Crippen LogP contribution in [0.4, 0.5) is 0 Å². The van der Waals surface area contributed by atoms with Gasteiger partial charge in [-0.3, -0.25) is 14.9 Å². The molecule has 10 heteroatoms. The second-order valence-electron chi connectivity index (χ2n) is 8.65. The Balaban J connectivity index is 1.51. The maximum Gasteiger partial charge on any atom is 0.444 e. The van der Waals surface area contributed by atoms with Crippen molar-refractivity contribution in [3.05, 3.63) is 109 Å². The Hall–Kier alpha value is -4.33. The third kappa shape index (κ3) is 8.60. The van der Waals surface area contributed by atoms with Crippen LogP contribution in [0.25, 0.3) is 11.3 Å². The monoisotopic (exact) mass is 548 g/mol. The van der Waals surface area contributed by atoms with E-state index in [0.29, 0.717) is 11.5 Å². The first-order valence-corrected chi connectivity index (χ1v) is 14.1. The SMILES string of the molecule is O=C(O)CCNC(=O)[C@H](Cc1ccc(-c2ccco2)cc1)NCP(=O)(Oc1ccccc1)Oc1ccccc1. The molecule has 1 atom stereocenters. The molecule has 0 spiro atoms. The van der Waals surface area contributed by atoms with E-state index in [9.17, 15) is 14.2 Å². The molecule has 39 heavy (non-hydrogen) atoms. The summed E-state index contributed by atoms with van der Waals surface area (Å²) in [4.78, 5) is 24.0. The second-order valence-corrected chi connectivity index (χ2v) is 10.6. The fraction of sp³-hybridized carbons (Fsp3) is 0.172. The van der Waals surface area contributed by atoms with Crippen LogP contribution < -0.4 is 19.7 Å². The van der Waals surface area contributed by atoms with Crippen molar-refractivity contribution in [2.24, 2.45) is 0 Å². The maximum atomic E-state index is 13.9. The number of carboxylic acids is 1. The quantitative estimate of drug-likeness (QED) is 0.180. The third-order valence-electron chi connectivity index (χ3n) is 5.66. The van der Waals surface area contributed by atoms with Crippen molar-refractivity contribution >= 4 is 19.5 Å². The second kappa shape index (κ2) is 13.5. The number of hydrogen-bond acceptors (Lipinski definition) is 7. The highest BCUT2D eigenvalue weighted by atomic mass is 31.2. The lowest BCUT2D eigenvalue weighted by molar-refractivity contribution is -0.137. The molecule has 0 unspecified atom stereocenters. The standard InChI is InChI=1S/C29H29N2O7P/c32-28(33)17-18-30-29(34)26(20-22-13-15-23(16-14-22)27-12-7-19-36-27)31-21-39(35,37-24-8-3-1-4-9-24)38-25-10-5-2-6-11-25/h1-16,19,26,31H,17-18,20-21H2,(H,30,34)(H,32,33)/t26-/m0/s1. The molecule has 0 fully saturated rings. The number of aliphatic carboxylic acids is 1. The van der Waals surface area contributed by atoms with E-state index in [1.54, 1.807) is 60.9 Å². The van der Waals surface area contributed by atoms with Crippen LogP contribution in [-0.4, -0.2) is 35.9 Å². The number of hydrogen-bond donors (Lipinski definition) is 3. The number of para-hydroxylation sites is 2. The molecule has 1 aromatic heterocycles. The molecule has 0 saturated heterocycles. The number of amides is 1. The average Bonchev–Trinajstić information content (AvgIpc) is 3.47. The highest BCUT2D eigenvalue weighted by Crippen LogP contribution is 2.47. The highest BCUT2D eigenvalue weighted by Gasteiger charge is 2.31. The number of nitrogens with one attached hydrogen (secondary N) is 2. The molecule has 202 valence electrons. The summed E-state index contributed by atoms with van der Waals surface area (Å²) in [6.07, 6.45) is 1.34. The van der Waals surface area contributed by atoms with Gasteiger partial charge in [0.1, 0.15) is 23.5 Å². The van der Waals surface area contributed by atoms with Gasteiger partial charge in [-0.15, -0.1) is 0 Å². The first-order valence-electron chi connectivity index (χ1n) is 12.3. The number of rotatable bonds is 14. The minimum absolute atomic E-state index is 0.0392. The van der Waals surface area contributed by atoms with Crippen LogP contribution in [0.1, 0.15) is 12.0 Å². The normalized spacial score (nSPS) is 11.9. The van der Waals surface area contributed by atoms with Gasteiger partial charge >= 0.3 is 13.6 Å². The van der Waals surface area contributed by atoms with E-state index in [0.717, 1.165) is 16.9 Å². The molecule has 1 amide bonds. The van der Waals surface area contributed by atoms with E-state index in [4.69, 9.17) is 18.6 Å². The number of furan rings is 1. The summed E-state index contributed by atoms with van der Waals surface area (Å²) in [6.45, 7) is -0.0392. The third-order valence-corrected chi connectivity index (χ3v) is 7.21. The lowest BCUT2D eigenvalue weighted by Crippen LogP contribution is -2.46. The van der Waals surface area contributed by atoms with Crippen molar-refractivity contribution in [2.75, 3.05) is 12.8 Å². The van der Waals surface area contributed by atoms with Crippen molar-refractivity contribution in [3.8, 4) is 22.8 Å². The van der Waals surface area contributed by atoms with Gasteiger partial charge in [0, 0.05) is 12.1 Å². The van der Waals surface area contributed by atoms with Gasteiger partial charge < -0.3 is 23.9 Å². The summed E-state index contributed by atoms with van der Waals surface area (Å²) >= 11 is 0. The fourth-order valence-corrected chi connectivity index (χ4v) is 5.24. The molecule has 0 aliphatic heterocycles. The molecule has 3 aromatic carbocycles. The largest absolute Gasteiger partial charge is 0.481 e. The van der Waals surface area contributed by atoms with Gasteiger partial charge in [-0.2, -0.15) is 0 Å². The Bertz CT molecular complexity index is 1330. The zero-order valence-corrected chi connectivity index (χ0v) is 22.0. The number of carboxylic acid groups (broad SMARTS) is 1. The van der Waals surface area contributed by atoms with Gasteiger partial charge in [-0.25, -0.2) is 4.57 Å². The lowest BCUT2D eigenvalue weighted by Gasteiger charge is -2.24. The van der Waals surface area contributed by atoms with E-state index in [2.05, 4.69) is 10.6 Å². The first-order chi connectivity index (χ1) is 18.9. The number of carbonyl (C=O) groups excluding carboxylic acids is 1. The van der Waals surface area contributed by atoms with Crippen LogP contribution >= 0.6 is 7.60 Å². The zero-order chi connectivity index (χ0) is 27.5. The van der Waals surface area contributed by atoms with Gasteiger partial charge in [0.05, 0.1) is 18.7 Å². The predicted octanol–water partition coefficient (Wildman–Crippen LogP) is 5.35. The minimum atomic E-state index is -3.84. The Morgan fingerprint density at radius 1 is 0.846 bits per heavy atom. The van der Waals surface area contributed by atoms with Gasteiger partial charge in [-0.05, 0) is 48.4 Å². The smallest absolute Gasteiger partial charge is 0.444 e. The Morgan fingerprint density at radius 2 is 1.46 bits per heavy atom. The molecular formula is C29H29N2O7P. The van der Waals surface area contributed by atoms with Crippen molar-refractivity contribution in [3.63, 3.8) is 0 Å². The Labute approximate surface area is 226 Å². The Kier molecular flexibility index (Phi) is 9.56. The molecule has 0 aliphatic carbocycles. The topological polar surface area (TPSA) is 127 Å². The Morgan fingerprint density at radius 3 is 2.00 bits per heavy atom. The molecule has 0 aliphatic rings. The van der Waals surface area contributed by atoms with Gasteiger partial charge in [0.15, 0.2) is 0 Å². The van der Waals surface area contributed by atoms with Gasteiger partial charge in [0.25, 0.3) is 0 Å². The zero-order valence-electron chi connectivity index (χ0n) is 21.1. The van der Waals surface area contributed by atoms with Crippen LogP contribution in [0.3, 0.4) is 0 Å². The molecular weight excluding hydrogens is 519 g/mol. The molecule has 0 saturated carbocycles. The van der Waals surface area contributed by atoms with E-state index in [1.807, 2.05) is 42.5 Å². The summed E-state index contributed by atoms with van der Waals surface area (Å²) in [6, 6.07) is 27.6. The summed E-state index contributed by atoms with van der Waals surface area (Å²) in [7, 11) is -3.84. The van der Waals surface area contributed by atoms with E-state index in [-0.39, 0.29) is 25.7 Å². The lowest BCUT2D eigenvalue weighted by atomic mass is 10.0. The molecule has 0 radical (unpaired) electrons. The van der Waals surface area contributed by atoms with E-state index < -0.39 is 25.5 Å². The van der Waals surface area contributed by atoms with Crippen LogP contribution in [0.2, 0.25) is 0 Å². The fourth-order valence-electron chi connectivity index (χ4n) is 3.75. The molecule has 9 nitrogen and oxygen atoms in total. The van der Waals surface area contributed by atoms with Crippen molar-refractivity contribution in [2.45, 2.75) is 18.9 Å². The predicted molar refractivity (Wildman–Crippen MR) is 147 cm³/mol. The van der Waals surface area contributed by atoms with Crippen LogP contribution in [0, 0.1) is 0 Å². The molecule has 0 bridgehead atoms. The number of benzene rings is 3. The van der Waals surface area contributed by atoms with Gasteiger partial charge in [0.2, 0.25) is 5.91 Å². The summed E-state index contributed by atoms with van der Waals surface area (Å²) in [5, 5.41) is 14.6. The van der Waals surface area contributed by atoms with E-state index in [1.165, 1.54) is 0 Å². The first kappa shape index (κ1) is 27.7. The van der Waals surface area contributed by atoms with E-state index >= 15 is 0 Å². The molecule has 3 N–H and O–H groups in total. The summed E-state index contributed by atoms with van der Waals surface area (Å²) < 4.78 is 30.9. The molecule has 1 heterocycles. The highest BCUT2D eigenvalue weighted by molar-refractivity contribution is 7.54. The van der Waals surface area contributed by atoms with Crippen molar-refractivity contribution in [1.29, 1.82) is 0 Å². The average molecular weight is 549 g/mol. The van der Waals surface area contributed by atoms with Crippen molar-refractivity contribution in [1.82, 2.24) is 10.6 Å². The summed E-state index contributed by atoms with van der Waals surface area (Å²) in [5.41, 5.74) is 1.72. The number of carbonyl (C=O) groups is 2. The van der Waals surface area contributed by atoms with Gasteiger partial charge in [-0.1, -0.05) is 60.7 Å². The van der Waals surface area contributed by atoms with Crippen molar-refractivity contribution < 1.29 is 32.7 Å². The van der Waals surface area contributed by atoms with Crippen LogP contribution in [0.15, 0.2) is 108 Å². The molecule has 4 aromatic rings. The maximum absolute atomic E-state index is 13.9. The minimum Gasteiger partial charge on any atom is -0.481 e. The summed E-state index contributed by atoms with van der Waals surface area (Å²) in [5.74, 6) is -0.0218. The van der Waals surface area contributed by atoms with Crippen LogP contribution in [-0.2, 0) is 20.6 Å².